The van der Waals surface area contributed by atoms with E-state index in [2.05, 4.69) is 4.90 Å². The maximum absolute atomic E-state index is 11.2. The molecule has 1 aliphatic heterocycles. The van der Waals surface area contributed by atoms with E-state index in [9.17, 15) is 10.1 Å². The highest BCUT2D eigenvalue weighted by Gasteiger charge is 2.45. The van der Waals surface area contributed by atoms with E-state index in [0.29, 0.717) is 19.6 Å². The van der Waals surface area contributed by atoms with Crippen LogP contribution in [0.3, 0.4) is 0 Å². The normalized spacial score (nSPS) is 23.4. The SMILES string of the molecule is COC(OC)[C@H]1CN(Cc2ccccc2)C[C@@H]1[N+](=O)[O-]. The number of hydrogen-bond acceptors (Lipinski definition) is 5. The molecule has 1 saturated heterocycles. The fraction of sp³-hybridized carbons (Fsp3) is 0.571. The Bertz CT molecular complexity index is 436. The molecule has 0 saturated carbocycles. The van der Waals surface area contributed by atoms with Gasteiger partial charge in [0, 0.05) is 32.2 Å². The van der Waals surface area contributed by atoms with Crippen molar-refractivity contribution in [2.45, 2.75) is 18.9 Å². The molecule has 2 rings (SSSR count). The second-order valence-electron chi connectivity index (χ2n) is 5.04. The Hall–Kier alpha value is -1.50. The summed E-state index contributed by atoms with van der Waals surface area (Å²) >= 11 is 0. The molecule has 0 amide bonds. The zero-order valence-corrected chi connectivity index (χ0v) is 11.8. The largest absolute Gasteiger partial charge is 0.355 e. The molecule has 0 unspecified atom stereocenters. The molecular formula is C14H20N2O4. The van der Waals surface area contributed by atoms with Gasteiger partial charge in [0.05, 0.1) is 12.5 Å². The highest BCUT2D eigenvalue weighted by atomic mass is 16.7. The average molecular weight is 280 g/mol. The molecule has 1 heterocycles. The van der Waals surface area contributed by atoms with E-state index in [1.54, 1.807) is 0 Å². The van der Waals surface area contributed by atoms with Crippen LogP contribution in [0.15, 0.2) is 30.3 Å². The van der Waals surface area contributed by atoms with Gasteiger partial charge in [0.15, 0.2) is 6.29 Å². The predicted molar refractivity (Wildman–Crippen MR) is 73.8 cm³/mol. The molecule has 1 aliphatic rings. The second-order valence-corrected chi connectivity index (χ2v) is 5.04. The first-order chi connectivity index (χ1) is 9.65. The van der Waals surface area contributed by atoms with Gasteiger partial charge in [0.25, 0.3) is 0 Å². The lowest BCUT2D eigenvalue weighted by Crippen LogP contribution is -2.37. The first kappa shape index (κ1) is 14.9. The molecule has 0 N–H and O–H groups in total. The minimum absolute atomic E-state index is 0.222. The monoisotopic (exact) mass is 280 g/mol. The minimum Gasteiger partial charge on any atom is -0.355 e. The number of hydrogen-bond donors (Lipinski definition) is 0. The lowest BCUT2D eigenvalue weighted by atomic mass is 10.0. The van der Waals surface area contributed by atoms with Crippen molar-refractivity contribution in [1.29, 1.82) is 0 Å². The number of likely N-dealkylation sites (tertiary alicyclic amines) is 1. The van der Waals surface area contributed by atoms with Crippen molar-refractivity contribution in [2.24, 2.45) is 5.92 Å². The fourth-order valence-corrected chi connectivity index (χ4v) is 2.80. The number of nitrogens with zero attached hydrogens (tertiary/aromatic N) is 2. The molecule has 1 fully saturated rings. The molecule has 1 aromatic carbocycles. The van der Waals surface area contributed by atoms with Gasteiger partial charge in [-0.05, 0) is 5.56 Å². The summed E-state index contributed by atoms with van der Waals surface area (Å²) in [4.78, 5) is 13.1. The van der Waals surface area contributed by atoms with Gasteiger partial charge in [0.1, 0.15) is 0 Å². The third-order valence-electron chi connectivity index (χ3n) is 3.74. The van der Waals surface area contributed by atoms with Crippen LogP contribution in [0, 0.1) is 16.0 Å². The van der Waals surface area contributed by atoms with Crippen LogP contribution in [0.25, 0.3) is 0 Å². The van der Waals surface area contributed by atoms with Gasteiger partial charge < -0.3 is 9.47 Å². The summed E-state index contributed by atoms with van der Waals surface area (Å²) in [6.45, 7) is 1.74. The van der Waals surface area contributed by atoms with Crippen molar-refractivity contribution in [3.05, 3.63) is 46.0 Å². The number of benzene rings is 1. The Kier molecular flexibility index (Phi) is 5.05. The molecule has 110 valence electrons. The second kappa shape index (κ2) is 6.78. The minimum atomic E-state index is -0.649. The summed E-state index contributed by atoms with van der Waals surface area (Å²) in [5.41, 5.74) is 1.15. The summed E-state index contributed by atoms with van der Waals surface area (Å²) < 4.78 is 10.4. The van der Waals surface area contributed by atoms with E-state index in [1.165, 1.54) is 14.2 Å². The van der Waals surface area contributed by atoms with E-state index in [-0.39, 0.29) is 10.8 Å². The third-order valence-corrected chi connectivity index (χ3v) is 3.74. The maximum atomic E-state index is 11.2. The van der Waals surface area contributed by atoms with E-state index in [1.807, 2.05) is 30.3 Å². The number of nitro groups is 1. The van der Waals surface area contributed by atoms with Gasteiger partial charge in [-0.15, -0.1) is 0 Å². The molecule has 0 bridgehead atoms. The van der Waals surface area contributed by atoms with Crippen LogP contribution in [0.1, 0.15) is 5.56 Å². The van der Waals surface area contributed by atoms with Crippen molar-refractivity contribution >= 4 is 0 Å². The van der Waals surface area contributed by atoms with Crippen LogP contribution in [0.2, 0.25) is 0 Å². The highest BCUT2D eigenvalue weighted by molar-refractivity contribution is 5.14. The molecule has 0 spiro atoms. The summed E-state index contributed by atoms with van der Waals surface area (Å²) in [6, 6.07) is 9.31. The Morgan fingerprint density at radius 2 is 1.95 bits per heavy atom. The highest BCUT2D eigenvalue weighted by Crippen LogP contribution is 2.26. The van der Waals surface area contributed by atoms with Crippen molar-refractivity contribution < 1.29 is 14.4 Å². The Morgan fingerprint density at radius 1 is 1.30 bits per heavy atom. The fourth-order valence-electron chi connectivity index (χ4n) is 2.80. The van der Waals surface area contributed by atoms with Crippen molar-refractivity contribution in [1.82, 2.24) is 4.90 Å². The molecule has 1 aromatic rings. The Balaban J connectivity index is 2.06. The molecule has 6 heteroatoms. The standard InChI is InChI=1S/C14H20N2O4/c1-19-14(20-2)12-9-15(10-13(12)16(17)18)8-11-6-4-3-5-7-11/h3-7,12-14H,8-10H2,1-2H3/t12-,13-/m0/s1. The van der Waals surface area contributed by atoms with Crippen LogP contribution in [-0.2, 0) is 16.0 Å². The van der Waals surface area contributed by atoms with Crippen molar-refractivity contribution in [3.8, 4) is 0 Å². The first-order valence-electron chi connectivity index (χ1n) is 6.61. The number of rotatable bonds is 6. The van der Waals surface area contributed by atoms with Crippen molar-refractivity contribution in [3.63, 3.8) is 0 Å². The van der Waals surface area contributed by atoms with Gasteiger partial charge in [-0.3, -0.25) is 15.0 Å². The third kappa shape index (κ3) is 3.33. The van der Waals surface area contributed by atoms with Crippen LogP contribution in [0.5, 0.6) is 0 Å². The summed E-state index contributed by atoms with van der Waals surface area (Å²) in [7, 11) is 3.04. The van der Waals surface area contributed by atoms with E-state index in [4.69, 9.17) is 9.47 Å². The predicted octanol–water partition coefficient (Wildman–Crippen LogP) is 1.38. The quantitative estimate of drug-likeness (QED) is 0.447. The van der Waals surface area contributed by atoms with Crippen molar-refractivity contribution in [2.75, 3.05) is 27.3 Å². The van der Waals surface area contributed by atoms with Gasteiger partial charge in [-0.1, -0.05) is 30.3 Å². The van der Waals surface area contributed by atoms with E-state index >= 15 is 0 Å². The Labute approximate surface area is 118 Å². The lowest BCUT2D eigenvalue weighted by Gasteiger charge is -2.21. The zero-order valence-electron chi connectivity index (χ0n) is 11.8. The van der Waals surface area contributed by atoms with Crippen LogP contribution in [-0.4, -0.2) is 49.5 Å². The van der Waals surface area contributed by atoms with E-state index in [0.717, 1.165) is 5.56 Å². The Morgan fingerprint density at radius 3 is 2.50 bits per heavy atom. The van der Waals surface area contributed by atoms with Crippen LogP contribution >= 0.6 is 0 Å². The number of methoxy groups -OCH3 is 2. The maximum Gasteiger partial charge on any atom is 0.234 e. The lowest BCUT2D eigenvalue weighted by molar-refractivity contribution is -0.530. The molecule has 0 aromatic heterocycles. The van der Waals surface area contributed by atoms with E-state index < -0.39 is 12.3 Å². The smallest absolute Gasteiger partial charge is 0.234 e. The van der Waals surface area contributed by atoms with Gasteiger partial charge in [0.2, 0.25) is 6.04 Å². The molecule has 20 heavy (non-hydrogen) atoms. The molecular weight excluding hydrogens is 260 g/mol. The van der Waals surface area contributed by atoms with Gasteiger partial charge in [-0.2, -0.15) is 0 Å². The molecule has 6 nitrogen and oxygen atoms in total. The van der Waals surface area contributed by atoms with Crippen LogP contribution < -0.4 is 0 Å². The summed E-state index contributed by atoms with van der Waals surface area (Å²) in [5, 5.41) is 11.2. The first-order valence-corrected chi connectivity index (χ1v) is 6.61. The zero-order chi connectivity index (χ0) is 14.5. The molecule has 0 aliphatic carbocycles. The number of ether oxygens (including phenoxy) is 2. The van der Waals surface area contributed by atoms with Crippen LogP contribution in [0.4, 0.5) is 0 Å². The summed E-state index contributed by atoms with van der Waals surface area (Å²) in [6.07, 6.45) is -0.536. The molecule has 2 atom stereocenters. The molecule has 0 radical (unpaired) electrons. The average Bonchev–Trinajstić information content (AvgIpc) is 2.85. The summed E-state index contributed by atoms with van der Waals surface area (Å²) in [5.74, 6) is -0.247. The van der Waals surface area contributed by atoms with Gasteiger partial charge >= 0.3 is 0 Å². The van der Waals surface area contributed by atoms with Gasteiger partial charge in [-0.25, -0.2) is 0 Å². The topological polar surface area (TPSA) is 64.8 Å².